The second-order valence-corrected chi connectivity index (χ2v) is 3.70. The van der Waals surface area contributed by atoms with Gasteiger partial charge in [-0.2, -0.15) is 0 Å². The van der Waals surface area contributed by atoms with Crippen LogP contribution in [0, 0.1) is 0 Å². The van der Waals surface area contributed by atoms with E-state index in [0.717, 1.165) is 0 Å². The average Bonchev–Trinajstić information content (AvgIpc) is 1.47. The van der Waals surface area contributed by atoms with Gasteiger partial charge in [0.15, 0.2) is 0 Å². The van der Waals surface area contributed by atoms with E-state index < -0.39 is 21.8 Å². The van der Waals surface area contributed by atoms with Crippen LogP contribution in [-0.2, 0) is 52.4 Å². The van der Waals surface area contributed by atoms with E-state index in [4.69, 9.17) is 15.0 Å². The molecule has 0 aliphatic carbocycles. The van der Waals surface area contributed by atoms with Crippen LogP contribution in [0.5, 0.6) is 0 Å². The number of hydrogen-bond donors (Lipinski definition) is 2. The standard InChI is InChI=1S/CH2O3.H4O7P2.2Zn/c2-1(3)4;1-8(2,3)7-9(4,5)6;;/h(H2,2,3,4);(H2,1,2,3)(H2,4,5,6);;/q;;2*+2/p-4. The van der Waals surface area contributed by atoms with Crippen molar-refractivity contribution in [2.45, 2.75) is 0 Å². The van der Waals surface area contributed by atoms with Crippen molar-refractivity contribution in [2.75, 3.05) is 0 Å². The van der Waals surface area contributed by atoms with Gasteiger partial charge in [-0.15, -0.1) is 0 Å². The Kier molecular flexibility index (Phi) is 16.5. The molecule has 0 aliphatic rings. The van der Waals surface area contributed by atoms with E-state index in [1.165, 1.54) is 0 Å². The summed E-state index contributed by atoms with van der Waals surface area (Å²) in [7, 11) is -11.4. The van der Waals surface area contributed by atoms with Crippen LogP contribution in [0.15, 0.2) is 0 Å². The molecule has 0 saturated carbocycles. The number of phosphoric acid groups is 2. The molecular weight excluding hydrogens is 365 g/mol. The molecule has 0 radical (unpaired) electrons. The molecule has 0 fully saturated rings. The number of rotatable bonds is 2. The maximum Gasteiger partial charge on any atom is 2.00 e. The van der Waals surface area contributed by atoms with E-state index in [1.807, 2.05) is 0 Å². The Labute approximate surface area is 109 Å². The molecule has 0 bridgehead atoms. The summed E-state index contributed by atoms with van der Waals surface area (Å²) in [5, 5.41) is 13.9. The predicted molar refractivity (Wildman–Crippen MR) is 27.0 cm³/mol. The van der Waals surface area contributed by atoms with Crippen LogP contribution >= 0.6 is 15.6 Å². The SMILES string of the molecule is O=C(O)O.O=P([O-])([O-])OP(=O)([O-])[O-].[Zn+2].[Zn+2]. The number of carbonyl (C=O) groups is 1. The van der Waals surface area contributed by atoms with Crippen molar-refractivity contribution in [3.63, 3.8) is 0 Å². The Hall–Kier alpha value is 0.777. The zero-order chi connectivity index (χ0) is 11.3. The summed E-state index contributed by atoms with van der Waals surface area (Å²) in [5.74, 6) is 0. The Bertz CT molecular complexity index is 226. The van der Waals surface area contributed by atoms with Gasteiger partial charge in [-0.25, -0.2) is 4.79 Å². The van der Waals surface area contributed by atoms with Gasteiger partial charge in [0.1, 0.15) is 0 Å². The Morgan fingerprint density at radius 3 is 1.07 bits per heavy atom. The number of hydrogen-bond acceptors (Lipinski definition) is 8. The Morgan fingerprint density at radius 2 is 1.07 bits per heavy atom. The molecule has 0 rings (SSSR count). The van der Waals surface area contributed by atoms with E-state index in [1.54, 1.807) is 0 Å². The van der Waals surface area contributed by atoms with Gasteiger partial charge < -0.3 is 43.2 Å². The first-order chi connectivity index (χ1) is 5.44. The third kappa shape index (κ3) is 52.5. The summed E-state index contributed by atoms with van der Waals surface area (Å²) in [4.78, 5) is 45.9. The van der Waals surface area contributed by atoms with Crippen molar-refractivity contribution in [1.82, 2.24) is 0 Å². The molecule has 0 amide bonds. The zero-order valence-corrected chi connectivity index (χ0v) is 14.7. The van der Waals surface area contributed by atoms with Crippen molar-refractivity contribution in [3.05, 3.63) is 0 Å². The summed E-state index contributed by atoms with van der Waals surface area (Å²) in [6.45, 7) is 0. The second kappa shape index (κ2) is 9.96. The molecular formula is CH2O10P2Zn2. The van der Waals surface area contributed by atoms with Gasteiger partial charge in [-0.1, -0.05) is 0 Å². The maximum atomic E-state index is 9.32. The molecule has 0 unspecified atom stereocenters. The van der Waals surface area contributed by atoms with Crippen LogP contribution in [0.1, 0.15) is 0 Å². The molecule has 2 N–H and O–H groups in total. The topological polar surface area (TPSA) is 193 Å². The molecule has 0 atom stereocenters. The van der Waals surface area contributed by atoms with E-state index in [9.17, 15) is 28.7 Å². The third-order valence-electron chi connectivity index (χ3n) is 0.200. The molecule has 80 valence electrons. The van der Waals surface area contributed by atoms with Crippen molar-refractivity contribution in [3.8, 4) is 0 Å². The first kappa shape index (κ1) is 24.8. The van der Waals surface area contributed by atoms with Crippen molar-refractivity contribution in [2.24, 2.45) is 0 Å². The van der Waals surface area contributed by atoms with Gasteiger partial charge in [-0.3, -0.25) is 0 Å². The van der Waals surface area contributed by atoms with E-state index in [0.29, 0.717) is 0 Å². The first-order valence-corrected chi connectivity index (χ1v) is 5.03. The minimum absolute atomic E-state index is 0. The quantitative estimate of drug-likeness (QED) is 0.372. The summed E-state index contributed by atoms with van der Waals surface area (Å²) >= 11 is 0. The van der Waals surface area contributed by atoms with Crippen molar-refractivity contribution >= 4 is 21.8 Å². The fourth-order valence-corrected chi connectivity index (χ4v) is 1.10. The third-order valence-corrected chi connectivity index (χ3v) is 1.80. The normalized spacial score (nSPS) is 9.87. The molecule has 10 nitrogen and oxygen atoms in total. The van der Waals surface area contributed by atoms with Crippen LogP contribution in [0.25, 0.3) is 0 Å². The summed E-state index contributed by atoms with van der Waals surface area (Å²) in [6, 6.07) is 0. The van der Waals surface area contributed by atoms with E-state index in [2.05, 4.69) is 4.31 Å². The molecule has 0 saturated heterocycles. The van der Waals surface area contributed by atoms with Crippen LogP contribution in [0.3, 0.4) is 0 Å². The van der Waals surface area contributed by atoms with Gasteiger partial charge in [0.2, 0.25) is 0 Å². The molecule has 0 heterocycles. The molecule has 14 heteroatoms. The van der Waals surface area contributed by atoms with Gasteiger partial charge in [-0.05, 0) is 0 Å². The van der Waals surface area contributed by atoms with Crippen LogP contribution in [0.2, 0.25) is 0 Å². The van der Waals surface area contributed by atoms with Gasteiger partial charge in [0, 0.05) is 0 Å². The Morgan fingerprint density at radius 1 is 0.933 bits per heavy atom. The van der Waals surface area contributed by atoms with E-state index in [-0.39, 0.29) is 39.0 Å². The minimum atomic E-state index is -5.68. The van der Waals surface area contributed by atoms with Crippen molar-refractivity contribution < 1.29 is 87.0 Å². The summed E-state index contributed by atoms with van der Waals surface area (Å²) in [5.41, 5.74) is 0. The second-order valence-electron chi connectivity index (χ2n) is 1.26. The fraction of sp³-hybridized carbons (Fsp3) is 0. The monoisotopic (exact) mass is 364 g/mol. The fourth-order valence-electron chi connectivity index (χ4n) is 0.122. The van der Waals surface area contributed by atoms with Crippen molar-refractivity contribution in [1.29, 1.82) is 0 Å². The molecule has 15 heavy (non-hydrogen) atoms. The van der Waals surface area contributed by atoms with Gasteiger partial charge >= 0.3 is 45.1 Å². The van der Waals surface area contributed by atoms with Crippen LogP contribution in [-0.4, -0.2) is 16.4 Å². The average molecular weight is 367 g/mol. The molecule has 0 aromatic carbocycles. The largest absolute Gasteiger partial charge is 2.00 e. The van der Waals surface area contributed by atoms with Gasteiger partial charge in [0.05, 0.1) is 15.6 Å². The van der Waals surface area contributed by atoms with Crippen LogP contribution in [0.4, 0.5) is 4.79 Å². The smallest absolute Gasteiger partial charge is 0.790 e. The molecule has 0 aromatic rings. The number of carboxylic acid groups (broad SMARTS) is 2. The maximum absolute atomic E-state index is 9.32. The molecule has 0 aliphatic heterocycles. The first-order valence-electron chi connectivity index (χ1n) is 2.11. The van der Waals surface area contributed by atoms with E-state index >= 15 is 0 Å². The molecule has 0 aromatic heterocycles. The summed E-state index contributed by atoms with van der Waals surface area (Å²) < 4.78 is 21.2. The minimum Gasteiger partial charge on any atom is -0.790 e. The predicted octanol–water partition coefficient (Wildman–Crippen LogP) is -3.12. The molecule has 0 spiro atoms. The Balaban J connectivity index is -0.0000000883. The van der Waals surface area contributed by atoms with Gasteiger partial charge in [0.25, 0.3) is 0 Å². The zero-order valence-electron chi connectivity index (χ0n) is 6.97. The van der Waals surface area contributed by atoms with Crippen LogP contribution < -0.4 is 19.6 Å². The summed E-state index contributed by atoms with van der Waals surface area (Å²) in [6.07, 6.45) is -1.83.